The molecule has 0 atom stereocenters. The van der Waals surface area contributed by atoms with Gasteiger partial charge in [-0.2, -0.15) is 0 Å². The zero-order valence-corrected chi connectivity index (χ0v) is 13.9. The highest BCUT2D eigenvalue weighted by molar-refractivity contribution is 6.07. The number of furan rings is 1. The van der Waals surface area contributed by atoms with Crippen molar-refractivity contribution in [3.05, 3.63) is 65.4 Å². The fourth-order valence-electron chi connectivity index (χ4n) is 2.60. The lowest BCUT2D eigenvalue weighted by Crippen LogP contribution is -2.14. The summed E-state index contributed by atoms with van der Waals surface area (Å²) in [5, 5.41) is 3.57. The molecular weight excluding hydrogens is 322 g/mol. The maximum absolute atomic E-state index is 12.7. The molecule has 0 aliphatic rings. The van der Waals surface area contributed by atoms with Crippen molar-refractivity contribution in [2.75, 3.05) is 19.5 Å². The topological polar surface area (TPSA) is 77.8 Å². The first-order valence-corrected chi connectivity index (χ1v) is 7.63. The summed E-state index contributed by atoms with van der Waals surface area (Å²) in [4.78, 5) is 24.3. The highest BCUT2D eigenvalue weighted by atomic mass is 16.5. The van der Waals surface area contributed by atoms with Crippen molar-refractivity contribution in [2.45, 2.75) is 6.61 Å². The molecule has 3 rings (SSSR count). The normalized spacial score (nSPS) is 10.6. The van der Waals surface area contributed by atoms with Crippen molar-refractivity contribution in [1.82, 2.24) is 0 Å². The Balaban J connectivity index is 1.92. The van der Waals surface area contributed by atoms with E-state index < -0.39 is 11.9 Å². The molecule has 3 aromatic rings. The summed E-state index contributed by atoms with van der Waals surface area (Å²) >= 11 is 0. The van der Waals surface area contributed by atoms with Crippen LogP contribution in [0.4, 0.5) is 5.69 Å². The number of rotatable bonds is 5. The molecule has 1 aromatic heterocycles. The number of nitrogens with one attached hydrogen (secondary N) is 1. The van der Waals surface area contributed by atoms with E-state index in [0.717, 1.165) is 5.39 Å². The maximum Gasteiger partial charge on any atom is 0.337 e. The lowest BCUT2D eigenvalue weighted by Gasteiger charge is -2.06. The van der Waals surface area contributed by atoms with Gasteiger partial charge < -0.3 is 19.2 Å². The zero-order chi connectivity index (χ0) is 17.8. The van der Waals surface area contributed by atoms with E-state index in [0.29, 0.717) is 22.4 Å². The number of esters is 1. The molecule has 0 aliphatic heterocycles. The van der Waals surface area contributed by atoms with Crippen molar-refractivity contribution in [1.29, 1.82) is 0 Å². The predicted molar refractivity (Wildman–Crippen MR) is 92.7 cm³/mol. The van der Waals surface area contributed by atoms with Gasteiger partial charge in [-0.15, -0.1) is 0 Å². The first kappa shape index (κ1) is 16.7. The Bertz CT molecular complexity index is 928. The smallest absolute Gasteiger partial charge is 0.337 e. The van der Waals surface area contributed by atoms with Crippen molar-refractivity contribution < 1.29 is 23.5 Å². The van der Waals surface area contributed by atoms with E-state index in [1.54, 1.807) is 37.4 Å². The maximum atomic E-state index is 12.7. The minimum Gasteiger partial charge on any atom is -0.465 e. The summed E-state index contributed by atoms with van der Waals surface area (Å²) in [7, 11) is 2.86. The first-order valence-electron chi connectivity index (χ1n) is 7.63. The van der Waals surface area contributed by atoms with Crippen LogP contribution in [0, 0.1) is 0 Å². The summed E-state index contributed by atoms with van der Waals surface area (Å²) in [6.07, 6.45) is 0. The second kappa shape index (κ2) is 7.19. The molecule has 1 N–H and O–H groups in total. The number of para-hydroxylation sites is 1. The quantitative estimate of drug-likeness (QED) is 0.718. The van der Waals surface area contributed by atoms with Crippen LogP contribution < -0.4 is 5.32 Å². The monoisotopic (exact) mass is 339 g/mol. The van der Waals surface area contributed by atoms with Crippen LogP contribution >= 0.6 is 0 Å². The third-order valence-electron chi connectivity index (χ3n) is 3.73. The molecule has 6 nitrogen and oxygen atoms in total. The summed E-state index contributed by atoms with van der Waals surface area (Å²) in [6, 6.07) is 13.9. The van der Waals surface area contributed by atoms with Gasteiger partial charge in [0.05, 0.1) is 19.3 Å². The second-order valence-corrected chi connectivity index (χ2v) is 5.37. The fourth-order valence-corrected chi connectivity index (χ4v) is 2.60. The van der Waals surface area contributed by atoms with Crippen LogP contribution in [0.5, 0.6) is 0 Å². The van der Waals surface area contributed by atoms with Gasteiger partial charge in [-0.3, -0.25) is 4.79 Å². The number of benzene rings is 2. The van der Waals surface area contributed by atoms with Crippen LogP contribution in [0.15, 0.2) is 52.9 Å². The molecule has 6 heteroatoms. The average Bonchev–Trinajstić information content (AvgIpc) is 3.00. The van der Waals surface area contributed by atoms with Crippen LogP contribution in [0.25, 0.3) is 11.0 Å². The van der Waals surface area contributed by atoms with E-state index in [4.69, 9.17) is 9.15 Å². The molecule has 1 heterocycles. The summed E-state index contributed by atoms with van der Waals surface area (Å²) in [6.45, 7) is 0.252. The van der Waals surface area contributed by atoms with Crippen molar-refractivity contribution in [2.24, 2.45) is 0 Å². The molecule has 0 saturated heterocycles. The molecule has 0 unspecified atom stereocenters. The second-order valence-electron chi connectivity index (χ2n) is 5.37. The van der Waals surface area contributed by atoms with Crippen LogP contribution in [-0.4, -0.2) is 26.1 Å². The minimum absolute atomic E-state index is 0.187. The molecule has 0 aliphatic carbocycles. The SMILES string of the molecule is COCc1c(C(=O)Nc2cccc(C(=O)OC)c2)oc2ccccc12. The Hall–Kier alpha value is -3.12. The average molecular weight is 339 g/mol. The van der Waals surface area contributed by atoms with E-state index in [1.165, 1.54) is 7.11 Å². The molecule has 128 valence electrons. The summed E-state index contributed by atoms with van der Waals surface area (Å²) < 4.78 is 15.6. The van der Waals surface area contributed by atoms with Gasteiger partial charge in [-0.05, 0) is 24.3 Å². The van der Waals surface area contributed by atoms with Crippen molar-refractivity contribution in [3.63, 3.8) is 0 Å². The zero-order valence-electron chi connectivity index (χ0n) is 13.9. The fraction of sp³-hybridized carbons (Fsp3) is 0.158. The van der Waals surface area contributed by atoms with Crippen molar-refractivity contribution in [3.8, 4) is 0 Å². The van der Waals surface area contributed by atoms with Crippen LogP contribution in [0.3, 0.4) is 0 Å². The van der Waals surface area contributed by atoms with Gasteiger partial charge in [0.2, 0.25) is 0 Å². The Morgan fingerprint density at radius 1 is 1.08 bits per heavy atom. The number of carbonyl (C=O) groups excluding carboxylic acids is 2. The van der Waals surface area contributed by atoms with Gasteiger partial charge in [0.1, 0.15) is 5.58 Å². The van der Waals surface area contributed by atoms with Gasteiger partial charge in [0.25, 0.3) is 5.91 Å². The number of hydrogen-bond acceptors (Lipinski definition) is 5. The Morgan fingerprint density at radius 3 is 2.64 bits per heavy atom. The molecule has 2 aromatic carbocycles. The molecule has 1 amide bonds. The third-order valence-corrected chi connectivity index (χ3v) is 3.73. The molecule has 25 heavy (non-hydrogen) atoms. The Labute approximate surface area is 144 Å². The first-order chi connectivity index (χ1) is 12.1. The number of fused-ring (bicyclic) bond motifs is 1. The molecule has 0 spiro atoms. The standard InChI is InChI=1S/C19H17NO5/c1-23-11-15-14-8-3-4-9-16(14)25-17(15)18(21)20-13-7-5-6-12(10-13)19(22)24-2/h3-10H,11H2,1-2H3,(H,20,21). The van der Waals surface area contributed by atoms with Gasteiger partial charge in [0, 0.05) is 23.7 Å². The van der Waals surface area contributed by atoms with Gasteiger partial charge in [-0.25, -0.2) is 4.79 Å². The van der Waals surface area contributed by atoms with Crippen molar-refractivity contribution >= 4 is 28.5 Å². The lowest BCUT2D eigenvalue weighted by molar-refractivity contribution is 0.0600. The summed E-state index contributed by atoms with van der Waals surface area (Å²) in [5.74, 6) is -0.698. The molecule has 0 bridgehead atoms. The Morgan fingerprint density at radius 2 is 1.88 bits per heavy atom. The minimum atomic E-state index is -0.472. The highest BCUT2D eigenvalue weighted by Gasteiger charge is 2.20. The summed E-state index contributed by atoms with van der Waals surface area (Å²) in [5.41, 5.74) is 2.11. The largest absolute Gasteiger partial charge is 0.465 e. The molecular formula is C19H17NO5. The number of hydrogen-bond donors (Lipinski definition) is 1. The number of amides is 1. The number of ether oxygens (including phenoxy) is 2. The molecule has 0 radical (unpaired) electrons. The predicted octanol–water partition coefficient (Wildman–Crippen LogP) is 3.62. The third kappa shape index (κ3) is 3.39. The number of carbonyl (C=O) groups is 2. The number of anilines is 1. The highest BCUT2D eigenvalue weighted by Crippen LogP contribution is 2.27. The van der Waals surface area contributed by atoms with E-state index >= 15 is 0 Å². The van der Waals surface area contributed by atoms with Crippen LogP contribution in [-0.2, 0) is 16.1 Å². The molecule has 0 saturated carbocycles. The van der Waals surface area contributed by atoms with E-state index in [9.17, 15) is 9.59 Å². The van der Waals surface area contributed by atoms with Gasteiger partial charge in [0.15, 0.2) is 5.76 Å². The van der Waals surface area contributed by atoms with E-state index in [-0.39, 0.29) is 12.4 Å². The lowest BCUT2D eigenvalue weighted by atomic mass is 10.1. The molecule has 0 fully saturated rings. The van der Waals surface area contributed by atoms with E-state index in [1.807, 2.05) is 18.2 Å². The van der Waals surface area contributed by atoms with Gasteiger partial charge >= 0.3 is 5.97 Å². The Kier molecular flexibility index (Phi) is 4.81. The number of methoxy groups -OCH3 is 2. The van der Waals surface area contributed by atoms with Crippen LogP contribution in [0.2, 0.25) is 0 Å². The van der Waals surface area contributed by atoms with E-state index in [2.05, 4.69) is 10.1 Å². The van der Waals surface area contributed by atoms with Gasteiger partial charge in [-0.1, -0.05) is 24.3 Å². The van der Waals surface area contributed by atoms with Crippen LogP contribution in [0.1, 0.15) is 26.5 Å².